The number of aromatic nitrogens is 2. The smallest absolute Gasteiger partial charge is 0.237 e. The molecule has 0 fully saturated rings. The molecule has 0 unspecified atom stereocenters. The number of rotatable bonds is 9. The fourth-order valence-electron chi connectivity index (χ4n) is 2.40. The number of nitrogens with one attached hydrogen (secondary N) is 1. The van der Waals surface area contributed by atoms with E-state index >= 15 is 0 Å². The van der Waals surface area contributed by atoms with E-state index in [0.29, 0.717) is 18.8 Å². The molecule has 2 aromatic carbocycles. The fraction of sp³-hybridized carbons (Fsp3) is 0.150. The van der Waals surface area contributed by atoms with Gasteiger partial charge in [0.25, 0.3) is 0 Å². The normalized spacial score (nSPS) is 10.4. The zero-order valence-corrected chi connectivity index (χ0v) is 16.4. The van der Waals surface area contributed by atoms with Crippen molar-refractivity contribution in [3.8, 4) is 0 Å². The lowest BCUT2D eigenvalue weighted by molar-refractivity contribution is -0.116. The summed E-state index contributed by atoms with van der Waals surface area (Å²) in [7, 11) is 0. The van der Waals surface area contributed by atoms with Gasteiger partial charge in [0.15, 0.2) is 4.34 Å². The number of carbonyl (C=O) groups is 1. The van der Waals surface area contributed by atoms with Crippen molar-refractivity contribution in [2.75, 3.05) is 22.5 Å². The Labute approximate surface area is 167 Å². The van der Waals surface area contributed by atoms with Gasteiger partial charge in [0.2, 0.25) is 11.0 Å². The topological polar surface area (TPSA) is 58.1 Å². The first-order valence-corrected chi connectivity index (χ1v) is 10.3. The number of anilines is 2. The van der Waals surface area contributed by atoms with E-state index < -0.39 is 0 Å². The van der Waals surface area contributed by atoms with Gasteiger partial charge in [-0.15, -0.1) is 16.8 Å². The summed E-state index contributed by atoms with van der Waals surface area (Å²) in [6.07, 6.45) is 1.73. The summed E-state index contributed by atoms with van der Waals surface area (Å²) in [4.78, 5) is 14.3. The maximum atomic E-state index is 12.6. The summed E-state index contributed by atoms with van der Waals surface area (Å²) in [6.45, 7) is 4.92. The number of nitrogens with zero attached hydrogens (tertiary/aromatic N) is 3. The molecule has 138 valence electrons. The Morgan fingerprint density at radius 1 is 1.11 bits per heavy atom. The summed E-state index contributed by atoms with van der Waals surface area (Å²) < 4.78 is 0.769. The van der Waals surface area contributed by atoms with E-state index in [1.54, 1.807) is 11.0 Å². The van der Waals surface area contributed by atoms with Gasteiger partial charge in [-0.1, -0.05) is 77.7 Å². The molecule has 7 heteroatoms. The van der Waals surface area contributed by atoms with Crippen LogP contribution in [0.15, 0.2) is 77.7 Å². The highest BCUT2D eigenvalue weighted by molar-refractivity contribution is 8.01. The number of amides is 1. The zero-order valence-electron chi connectivity index (χ0n) is 14.7. The minimum absolute atomic E-state index is 0.0140. The van der Waals surface area contributed by atoms with E-state index in [9.17, 15) is 4.79 Å². The standard InChI is InChI=1S/C20H20N4OS2/c1-2-13-24(17-11-7-4-8-12-17)18(25)15-26-20-23-22-19(27-20)21-14-16-9-5-3-6-10-16/h2-12H,1,13-15H2,(H,21,22). The predicted octanol–water partition coefficient (Wildman–Crippen LogP) is 4.46. The van der Waals surface area contributed by atoms with Crippen molar-refractivity contribution in [2.24, 2.45) is 0 Å². The van der Waals surface area contributed by atoms with Crippen LogP contribution in [0.2, 0.25) is 0 Å². The van der Waals surface area contributed by atoms with Crippen molar-refractivity contribution >= 4 is 39.8 Å². The lowest BCUT2D eigenvalue weighted by atomic mass is 10.2. The average molecular weight is 397 g/mol. The van der Waals surface area contributed by atoms with Crippen molar-refractivity contribution in [1.29, 1.82) is 0 Å². The van der Waals surface area contributed by atoms with E-state index in [1.807, 2.05) is 48.5 Å². The highest BCUT2D eigenvalue weighted by atomic mass is 32.2. The van der Waals surface area contributed by atoms with Crippen molar-refractivity contribution in [3.05, 3.63) is 78.9 Å². The van der Waals surface area contributed by atoms with Crippen molar-refractivity contribution in [3.63, 3.8) is 0 Å². The molecule has 1 heterocycles. The van der Waals surface area contributed by atoms with Crippen LogP contribution >= 0.6 is 23.1 Å². The van der Waals surface area contributed by atoms with Gasteiger partial charge in [0.05, 0.1) is 5.75 Å². The molecule has 0 aliphatic heterocycles. The van der Waals surface area contributed by atoms with Crippen LogP contribution in [0.1, 0.15) is 5.56 Å². The number of benzene rings is 2. The van der Waals surface area contributed by atoms with E-state index in [2.05, 4.69) is 34.2 Å². The lowest BCUT2D eigenvalue weighted by Gasteiger charge is -2.20. The molecule has 0 radical (unpaired) electrons. The Kier molecular flexibility index (Phi) is 7.01. The van der Waals surface area contributed by atoms with Crippen LogP contribution in [0, 0.1) is 0 Å². The van der Waals surface area contributed by atoms with Gasteiger partial charge >= 0.3 is 0 Å². The van der Waals surface area contributed by atoms with Crippen LogP contribution in [0.3, 0.4) is 0 Å². The molecular formula is C20H20N4OS2. The van der Waals surface area contributed by atoms with Crippen LogP contribution in [0.25, 0.3) is 0 Å². The molecule has 0 aliphatic rings. The van der Waals surface area contributed by atoms with Gasteiger partial charge in [-0.2, -0.15) is 0 Å². The van der Waals surface area contributed by atoms with E-state index in [4.69, 9.17) is 0 Å². The molecule has 0 aliphatic carbocycles. The highest BCUT2D eigenvalue weighted by Crippen LogP contribution is 2.26. The fourth-order valence-corrected chi connectivity index (χ4v) is 4.03. The van der Waals surface area contributed by atoms with Gasteiger partial charge < -0.3 is 10.2 Å². The van der Waals surface area contributed by atoms with Crippen molar-refractivity contribution < 1.29 is 4.79 Å². The minimum Gasteiger partial charge on any atom is -0.356 e. The Bertz CT molecular complexity index is 868. The average Bonchev–Trinajstić information content (AvgIpc) is 3.18. The Balaban J connectivity index is 1.54. The van der Waals surface area contributed by atoms with Crippen LogP contribution in [0.5, 0.6) is 0 Å². The maximum Gasteiger partial charge on any atom is 0.237 e. The maximum absolute atomic E-state index is 12.6. The summed E-state index contributed by atoms with van der Waals surface area (Å²) >= 11 is 2.85. The second-order valence-corrected chi connectivity index (χ2v) is 7.83. The van der Waals surface area contributed by atoms with Gasteiger partial charge in [0, 0.05) is 18.8 Å². The summed E-state index contributed by atoms with van der Waals surface area (Å²) in [5.41, 5.74) is 2.05. The molecule has 27 heavy (non-hydrogen) atoms. The first-order chi connectivity index (χ1) is 13.3. The quantitative estimate of drug-likeness (QED) is 0.427. The molecule has 3 aromatic rings. The molecule has 5 nitrogen and oxygen atoms in total. The monoisotopic (exact) mass is 396 g/mol. The molecule has 0 saturated carbocycles. The number of hydrogen-bond acceptors (Lipinski definition) is 6. The Morgan fingerprint density at radius 2 is 1.81 bits per heavy atom. The molecule has 1 aromatic heterocycles. The van der Waals surface area contributed by atoms with Gasteiger partial charge in [-0.3, -0.25) is 4.79 Å². The van der Waals surface area contributed by atoms with Crippen molar-refractivity contribution in [1.82, 2.24) is 10.2 Å². The summed E-state index contributed by atoms with van der Waals surface area (Å²) in [5, 5.41) is 12.3. The zero-order chi connectivity index (χ0) is 18.9. The third kappa shape index (κ3) is 5.67. The van der Waals surface area contributed by atoms with Crippen LogP contribution in [-0.4, -0.2) is 28.4 Å². The molecule has 0 atom stereocenters. The molecule has 0 bridgehead atoms. The predicted molar refractivity (Wildman–Crippen MR) is 113 cm³/mol. The van der Waals surface area contributed by atoms with Crippen molar-refractivity contribution in [2.45, 2.75) is 10.9 Å². The van der Waals surface area contributed by atoms with E-state index in [-0.39, 0.29) is 5.91 Å². The van der Waals surface area contributed by atoms with Crippen LogP contribution in [0.4, 0.5) is 10.8 Å². The van der Waals surface area contributed by atoms with E-state index in [1.165, 1.54) is 28.7 Å². The Morgan fingerprint density at radius 3 is 2.52 bits per heavy atom. The molecular weight excluding hydrogens is 376 g/mol. The molecule has 1 N–H and O–H groups in total. The first-order valence-electron chi connectivity index (χ1n) is 8.46. The third-order valence-electron chi connectivity index (χ3n) is 3.69. The summed E-state index contributed by atoms with van der Waals surface area (Å²) in [6, 6.07) is 19.7. The molecule has 1 amide bonds. The van der Waals surface area contributed by atoms with E-state index in [0.717, 1.165) is 15.2 Å². The van der Waals surface area contributed by atoms with Gasteiger partial charge in [0.1, 0.15) is 0 Å². The van der Waals surface area contributed by atoms with Crippen LogP contribution < -0.4 is 10.2 Å². The molecule has 0 saturated heterocycles. The third-order valence-corrected chi connectivity index (χ3v) is 5.69. The largest absolute Gasteiger partial charge is 0.356 e. The summed E-state index contributed by atoms with van der Waals surface area (Å²) in [5.74, 6) is 0.316. The number of hydrogen-bond donors (Lipinski definition) is 1. The van der Waals surface area contributed by atoms with Crippen LogP contribution in [-0.2, 0) is 11.3 Å². The molecule has 3 rings (SSSR count). The molecule has 0 spiro atoms. The highest BCUT2D eigenvalue weighted by Gasteiger charge is 2.16. The number of carbonyl (C=O) groups excluding carboxylic acids is 1. The SMILES string of the molecule is C=CCN(C(=O)CSc1nnc(NCc2ccccc2)s1)c1ccccc1. The second kappa shape index (κ2) is 9.89. The minimum atomic E-state index is 0.0140. The van der Waals surface area contributed by atoms with Gasteiger partial charge in [-0.25, -0.2) is 0 Å². The number of thioether (sulfide) groups is 1. The van der Waals surface area contributed by atoms with Gasteiger partial charge in [-0.05, 0) is 17.7 Å². The lowest BCUT2D eigenvalue weighted by Crippen LogP contribution is -2.32. The first kappa shape index (κ1) is 19.1. The second-order valence-electron chi connectivity index (χ2n) is 5.63. The Hall–Kier alpha value is -2.64. The number of para-hydroxylation sites is 1.